The lowest BCUT2D eigenvalue weighted by molar-refractivity contribution is -0.988. The minimum atomic E-state index is -0.491. The normalized spacial score (nSPS) is 17.9. The van der Waals surface area contributed by atoms with Gasteiger partial charge in [-0.25, -0.2) is 0 Å². The molecule has 0 saturated carbocycles. The van der Waals surface area contributed by atoms with Crippen LogP contribution in [0, 0.1) is 6.92 Å². The van der Waals surface area contributed by atoms with E-state index in [2.05, 4.69) is 118 Å². The lowest BCUT2D eigenvalue weighted by Crippen LogP contribution is -2.73. The molecular weight excluding hydrogens is 394 g/mol. The summed E-state index contributed by atoms with van der Waals surface area (Å²) in [6.45, 7) is 2.24. The van der Waals surface area contributed by atoms with Crippen LogP contribution in [0.1, 0.15) is 16.7 Å². The van der Waals surface area contributed by atoms with Crippen molar-refractivity contribution in [1.29, 1.82) is 0 Å². The molecule has 0 amide bonds. The Morgan fingerprint density at radius 1 is 0.812 bits per heavy atom. The molecule has 1 atom stereocenters. The Kier molecular flexibility index (Phi) is 2.76. The minimum Gasteiger partial charge on any atom is -0.455 e. The molecule has 4 heteroatoms. The topological polar surface area (TPSA) is 21.9 Å². The van der Waals surface area contributed by atoms with Gasteiger partial charge < -0.3 is 4.74 Å². The average molecular weight is 413 g/mol. The van der Waals surface area contributed by atoms with Crippen LogP contribution in [0.4, 0.5) is 0 Å². The number of hydrogen-bond donors (Lipinski definition) is 0. The first-order valence-corrected chi connectivity index (χ1v) is 11.0. The highest BCUT2D eigenvalue weighted by Crippen LogP contribution is 2.57. The molecule has 4 nitrogen and oxygen atoms in total. The van der Waals surface area contributed by atoms with Crippen LogP contribution >= 0.6 is 0 Å². The summed E-state index contributed by atoms with van der Waals surface area (Å²) in [6, 6.07) is 27.8. The maximum absolute atomic E-state index is 6.66. The lowest BCUT2D eigenvalue weighted by atomic mass is 9.83. The zero-order valence-corrected chi connectivity index (χ0v) is 17.5. The number of ether oxygens (including phenoxy) is 1. The SMILES string of the molecule is Cc1c(-c2ccccc2)cc2c3c1-c1cccc[n+]1C31c3c(cccc3-n3ccc[n+]31)O2. The van der Waals surface area contributed by atoms with Crippen molar-refractivity contribution in [2.24, 2.45) is 0 Å². The standard InChI is InChI=1S/C28H19N3O/c1-18-20(19-9-3-2-4-10-19)17-24-27-25(18)21-11-5-6-14-29(21)28(27)26-22(12-7-13-23(26)32-24)30-15-8-16-31(28)30/h2-17H,1H3/q+2. The highest BCUT2D eigenvalue weighted by atomic mass is 16.5. The van der Waals surface area contributed by atoms with Crippen LogP contribution < -0.4 is 14.0 Å². The van der Waals surface area contributed by atoms with Gasteiger partial charge in [0.2, 0.25) is 11.9 Å². The fourth-order valence-corrected chi connectivity index (χ4v) is 6.13. The Labute approximate surface area is 185 Å². The van der Waals surface area contributed by atoms with Crippen molar-refractivity contribution in [3.05, 3.63) is 114 Å². The van der Waals surface area contributed by atoms with Crippen molar-refractivity contribution >= 4 is 0 Å². The Morgan fingerprint density at radius 2 is 1.69 bits per heavy atom. The van der Waals surface area contributed by atoms with E-state index >= 15 is 0 Å². The fourth-order valence-electron chi connectivity index (χ4n) is 6.13. The Balaban J connectivity index is 1.61. The molecule has 1 spiro atoms. The van der Waals surface area contributed by atoms with E-state index in [1.165, 1.54) is 39.1 Å². The summed E-state index contributed by atoms with van der Waals surface area (Å²) in [6.07, 6.45) is 6.52. The molecule has 0 bridgehead atoms. The first-order chi connectivity index (χ1) is 15.8. The van der Waals surface area contributed by atoms with Gasteiger partial charge in [0.05, 0.1) is 11.8 Å². The van der Waals surface area contributed by atoms with E-state index in [0.29, 0.717) is 0 Å². The van der Waals surface area contributed by atoms with E-state index in [1.807, 2.05) is 0 Å². The third-order valence-corrected chi connectivity index (χ3v) is 7.29. The highest BCUT2D eigenvalue weighted by molar-refractivity contribution is 5.85. The molecule has 150 valence electrons. The summed E-state index contributed by atoms with van der Waals surface area (Å²) < 4.78 is 13.7. The van der Waals surface area contributed by atoms with Crippen molar-refractivity contribution in [3.63, 3.8) is 0 Å². The van der Waals surface area contributed by atoms with Gasteiger partial charge in [-0.2, -0.15) is 0 Å². The molecule has 2 aromatic heterocycles. The first-order valence-electron chi connectivity index (χ1n) is 11.0. The molecule has 32 heavy (non-hydrogen) atoms. The number of benzene rings is 3. The van der Waals surface area contributed by atoms with Gasteiger partial charge >= 0.3 is 5.66 Å². The van der Waals surface area contributed by atoms with E-state index in [1.54, 1.807) is 0 Å². The number of aromatic nitrogens is 3. The molecule has 0 saturated heterocycles. The van der Waals surface area contributed by atoms with Crippen molar-refractivity contribution < 1.29 is 14.0 Å². The summed E-state index contributed by atoms with van der Waals surface area (Å²) in [5.74, 6) is 1.85. The zero-order valence-electron chi connectivity index (χ0n) is 17.5. The number of fused-ring (bicyclic) bond motifs is 4. The molecular formula is C28H19N3O+2. The molecule has 5 heterocycles. The van der Waals surface area contributed by atoms with Crippen LogP contribution in [0.5, 0.6) is 11.5 Å². The molecule has 8 rings (SSSR count). The fraction of sp³-hybridized carbons (Fsp3) is 0.0714. The number of rotatable bonds is 1. The Morgan fingerprint density at radius 3 is 2.59 bits per heavy atom. The summed E-state index contributed by atoms with van der Waals surface area (Å²) in [5.41, 5.74) is 9.29. The van der Waals surface area contributed by atoms with Crippen LogP contribution in [0.3, 0.4) is 0 Å². The van der Waals surface area contributed by atoms with Gasteiger partial charge in [0.15, 0.2) is 17.3 Å². The van der Waals surface area contributed by atoms with Crippen LogP contribution in [0.25, 0.3) is 28.1 Å². The molecule has 0 radical (unpaired) electrons. The van der Waals surface area contributed by atoms with Crippen LogP contribution in [0.15, 0.2) is 97.5 Å². The molecule has 3 aliphatic rings. The van der Waals surface area contributed by atoms with Gasteiger partial charge in [-0.3, -0.25) is 0 Å². The average Bonchev–Trinajstić information content (AvgIpc) is 3.51. The van der Waals surface area contributed by atoms with Crippen molar-refractivity contribution in [3.8, 4) is 39.6 Å². The monoisotopic (exact) mass is 413 g/mol. The smallest absolute Gasteiger partial charge is 0.447 e. The summed E-state index contributed by atoms with van der Waals surface area (Å²) >= 11 is 0. The van der Waals surface area contributed by atoms with Gasteiger partial charge in [0.1, 0.15) is 17.2 Å². The first kappa shape index (κ1) is 16.5. The van der Waals surface area contributed by atoms with Crippen molar-refractivity contribution in [1.82, 2.24) is 4.68 Å². The predicted molar refractivity (Wildman–Crippen MR) is 120 cm³/mol. The molecule has 0 fully saturated rings. The van der Waals surface area contributed by atoms with Crippen molar-refractivity contribution in [2.75, 3.05) is 0 Å². The molecule has 5 aromatic rings. The van der Waals surface area contributed by atoms with Crippen LogP contribution in [-0.4, -0.2) is 4.68 Å². The Hall–Kier alpha value is -4.18. The number of hydrogen-bond acceptors (Lipinski definition) is 1. The molecule has 3 aliphatic heterocycles. The molecule has 0 N–H and O–H groups in total. The van der Waals surface area contributed by atoms with E-state index < -0.39 is 5.66 Å². The van der Waals surface area contributed by atoms with Crippen LogP contribution in [0.2, 0.25) is 0 Å². The van der Waals surface area contributed by atoms with E-state index in [9.17, 15) is 0 Å². The predicted octanol–water partition coefficient (Wildman–Crippen LogP) is 4.72. The third-order valence-electron chi connectivity index (χ3n) is 7.29. The lowest BCUT2D eigenvalue weighted by Gasteiger charge is -2.25. The summed E-state index contributed by atoms with van der Waals surface area (Å²) in [5, 5.41) is 0. The minimum absolute atomic E-state index is 0.491. The maximum atomic E-state index is 6.66. The van der Waals surface area contributed by atoms with Gasteiger partial charge in [0, 0.05) is 18.2 Å². The molecule has 0 aliphatic carbocycles. The molecule has 3 aromatic carbocycles. The quantitative estimate of drug-likeness (QED) is 0.357. The van der Waals surface area contributed by atoms with E-state index in [4.69, 9.17) is 4.74 Å². The molecule has 1 unspecified atom stereocenters. The van der Waals surface area contributed by atoms with Gasteiger partial charge in [-0.1, -0.05) is 36.4 Å². The van der Waals surface area contributed by atoms with Gasteiger partial charge in [0.25, 0.3) is 0 Å². The second-order valence-electron chi connectivity index (χ2n) is 8.72. The third kappa shape index (κ3) is 1.63. The number of nitrogens with zero attached hydrogens (tertiary/aromatic N) is 3. The maximum Gasteiger partial charge on any atom is 0.447 e. The zero-order chi connectivity index (χ0) is 21.0. The van der Waals surface area contributed by atoms with Crippen LogP contribution in [-0.2, 0) is 5.66 Å². The van der Waals surface area contributed by atoms with Gasteiger partial charge in [-0.05, 0) is 52.6 Å². The largest absolute Gasteiger partial charge is 0.455 e. The van der Waals surface area contributed by atoms with E-state index in [0.717, 1.165) is 17.2 Å². The number of pyridine rings is 1. The second kappa shape index (κ2) is 5.35. The summed E-state index contributed by atoms with van der Waals surface area (Å²) in [4.78, 5) is 0. The summed E-state index contributed by atoms with van der Waals surface area (Å²) in [7, 11) is 0. The van der Waals surface area contributed by atoms with Gasteiger partial charge in [-0.15, -0.1) is 9.25 Å². The van der Waals surface area contributed by atoms with E-state index in [-0.39, 0.29) is 0 Å². The van der Waals surface area contributed by atoms with Crippen molar-refractivity contribution in [2.45, 2.75) is 12.6 Å². The highest BCUT2D eigenvalue weighted by Gasteiger charge is 2.72. The second-order valence-corrected chi connectivity index (χ2v) is 8.72. The Bertz CT molecular complexity index is 1620.